The third-order valence-electron chi connectivity index (χ3n) is 5.16. The highest BCUT2D eigenvalue weighted by molar-refractivity contribution is 5.87. The second kappa shape index (κ2) is 8.19. The van der Waals surface area contributed by atoms with Crippen LogP contribution < -0.4 is 14.2 Å². The number of aryl methyl sites for hydroxylation is 1. The maximum Gasteiger partial charge on any atom is 0.230 e. The number of ether oxygens (including phenoxy) is 3. The summed E-state index contributed by atoms with van der Waals surface area (Å²) in [6, 6.07) is 18.4. The predicted molar refractivity (Wildman–Crippen MR) is 120 cm³/mol. The maximum atomic E-state index is 15.0. The normalized spacial score (nSPS) is 11.1. The van der Waals surface area contributed by atoms with E-state index >= 15 is 4.39 Å². The summed E-state index contributed by atoms with van der Waals surface area (Å²) in [4.78, 5) is 11.7. The lowest BCUT2D eigenvalue weighted by Gasteiger charge is -2.13. The van der Waals surface area contributed by atoms with E-state index in [1.54, 1.807) is 37.4 Å². The van der Waals surface area contributed by atoms with Gasteiger partial charge < -0.3 is 19.2 Å². The van der Waals surface area contributed by atoms with Gasteiger partial charge >= 0.3 is 0 Å². The lowest BCUT2D eigenvalue weighted by molar-refractivity contribution is 0.285. The molecule has 2 aromatic heterocycles. The van der Waals surface area contributed by atoms with Gasteiger partial charge in [0.2, 0.25) is 5.88 Å². The van der Waals surface area contributed by atoms with Gasteiger partial charge in [0.05, 0.1) is 18.0 Å². The summed E-state index contributed by atoms with van der Waals surface area (Å²) in [5.74, 6) is 0.913. The molecule has 0 amide bonds. The molecule has 160 valence electrons. The first-order valence-electron chi connectivity index (χ1n) is 10.1. The number of aromatic nitrogens is 3. The van der Waals surface area contributed by atoms with Gasteiger partial charge in [0.25, 0.3) is 0 Å². The van der Waals surface area contributed by atoms with E-state index in [1.807, 2.05) is 37.3 Å². The third-order valence-corrected chi connectivity index (χ3v) is 5.16. The van der Waals surface area contributed by atoms with Crippen molar-refractivity contribution < 1.29 is 18.6 Å². The molecule has 0 fully saturated rings. The number of methoxy groups -OCH3 is 1. The first-order valence-corrected chi connectivity index (χ1v) is 10.1. The number of aromatic amines is 1. The van der Waals surface area contributed by atoms with Crippen molar-refractivity contribution in [1.82, 2.24) is 15.0 Å². The fourth-order valence-corrected chi connectivity index (χ4v) is 3.60. The molecule has 0 unspecified atom stereocenters. The quantitative estimate of drug-likeness (QED) is 0.362. The summed E-state index contributed by atoms with van der Waals surface area (Å²) < 4.78 is 32.4. The van der Waals surface area contributed by atoms with E-state index in [9.17, 15) is 0 Å². The van der Waals surface area contributed by atoms with E-state index in [4.69, 9.17) is 14.2 Å². The molecule has 0 aliphatic rings. The number of nitrogens with one attached hydrogen (secondary N) is 1. The minimum Gasteiger partial charge on any atom is -0.493 e. The number of hydrogen-bond donors (Lipinski definition) is 1. The van der Waals surface area contributed by atoms with Crippen molar-refractivity contribution in [2.45, 2.75) is 13.5 Å². The number of benzene rings is 3. The molecule has 0 saturated heterocycles. The molecule has 1 N–H and O–H groups in total. The molecule has 5 rings (SSSR count). The van der Waals surface area contributed by atoms with Crippen molar-refractivity contribution in [3.8, 4) is 23.1 Å². The van der Waals surface area contributed by atoms with E-state index in [2.05, 4.69) is 15.0 Å². The van der Waals surface area contributed by atoms with Crippen LogP contribution in [-0.4, -0.2) is 22.1 Å². The lowest BCUT2D eigenvalue weighted by Crippen LogP contribution is -1.99. The zero-order chi connectivity index (χ0) is 22.1. The highest BCUT2D eigenvalue weighted by Crippen LogP contribution is 2.37. The van der Waals surface area contributed by atoms with Gasteiger partial charge in [-0.15, -0.1) is 0 Å². The molecule has 6 nitrogen and oxygen atoms in total. The van der Waals surface area contributed by atoms with Crippen LogP contribution in [-0.2, 0) is 6.61 Å². The second-order valence-corrected chi connectivity index (χ2v) is 7.37. The summed E-state index contributed by atoms with van der Waals surface area (Å²) in [5.41, 5.74) is 3.21. The first-order chi connectivity index (χ1) is 15.6. The van der Waals surface area contributed by atoms with Crippen LogP contribution in [0, 0.1) is 12.7 Å². The predicted octanol–water partition coefficient (Wildman–Crippen LogP) is 5.94. The van der Waals surface area contributed by atoms with Crippen molar-refractivity contribution in [1.29, 1.82) is 0 Å². The van der Waals surface area contributed by atoms with Crippen molar-refractivity contribution in [3.05, 3.63) is 84.1 Å². The fraction of sp³-hybridized carbons (Fsp3) is 0.120. The summed E-state index contributed by atoms with van der Waals surface area (Å²) >= 11 is 0. The monoisotopic (exact) mass is 429 g/mol. The van der Waals surface area contributed by atoms with Gasteiger partial charge in [0.15, 0.2) is 23.1 Å². The Morgan fingerprint density at radius 3 is 2.56 bits per heavy atom. The molecular formula is C25H20FN3O3. The summed E-state index contributed by atoms with van der Waals surface area (Å²) in [5, 5.41) is 1.05. The second-order valence-electron chi connectivity index (χ2n) is 7.37. The molecule has 0 aliphatic carbocycles. The van der Waals surface area contributed by atoms with Gasteiger partial charge in [-0.2, -0.15) is 0 Å². The molecule has 2 heterocycles. The average Bonchev–Trinajstić information content (AvgIpc) is 3.21. The van der Waals surface area contributed by atoms with E-state index in [-0.39, 0.29) is 11.6 Å². The van der Waals surface area contributed by atoms with Gasteiger partial charge in [-0.25, -0.2) is 14.4 Å². The highest BCUT2D eigenvalue weighted by atomic mass is 19.1. The molecule has 5 aromatic rings. The van der Waals surface area contributed by atoms with Crippen LogP contribution >= 0.6 is 0 Å². The maximum absolute atomic E-state index is 15.0. The smallest absolute Gasteiger partial charge is 0.230 e. The highest BCUT2D eigenvalue weighted by Gasteiger charge is 2.16. The number of halogens is 1. The number of nitrogens with zero attached hydrogens (tertiary/aromatic N) is 2. The number of fused-ring (bicyclic) bond motifs is 2. The third kappa shape index (κ3) is 3.69. The Bertz CT molecular complexity index is 1420. The van der Waals surface area contributed by atoms with Crippen LogP contribution in [0.5, 0.6) is 23.1 Å². The number of rotatable bonds is 6. The van der Waals surface area contributed by atoms with Crippen LogP contribution in [0.25, 0.3) is 21.8 Å². The van der Waals surface area contributed by atoms with Gasteiger partial charge in [-0.3, -0.25) is 0 Å². The average molecular weight is 429 g/mol. The summed E-state index contributed by atoms with van der Waals surface area (Å²) in [6.07, 6.45) is 1.38. The molecule has 0 bridgehead atoms. The van der Waals surface area contributed by atoms with Crippen molar-refractivity contribution in [2.24, 2.45) is 0 Å². The van der Waals surface area contributed by atoms with Crippen LogP contribution in [0.1, 0.15) is 11.3 Å². The summed E-state index contributed by atoms with van der Waals surface area (Å²) in [6.45, 7) is 2.26. The Balaban J connectivity index is 1.50. The molecule has 0 aliphatic heterocycles. The molecule has 32 heavy (non-hydrogen) atoms. The zero-order valence-electron chi connectivity index (χ0n) is 17.6. The number of hydrogen-bond acceptors (Lipinski definition) is 5. The molecular weight excluding hydrogens is 409 g/mol. The SMILES string of the molecule is COc1cc2c(Oc3ccc4[nH]c(C)cc4c3F)ncnc2cc1OCc1ccccc1. The van der Waals surface area contributed by atoms with Crippen molar-refractivity contribution in [2.75, 3.05) is 7.11 Å². The lowest BCUT2D eigenvalue weighted by atomic mass is 10.2. The molecule has 7 heteroatoms. The Kier molecular flexibility index (Phi) is 5.07. The standard InChI is InChI=1S/C25H20FN3O3/c1-15-10-17-19(29-15)8-9-21(24(17)26)32-25-18-11-22(30-2)23(12-20(18)27-14-28-25)31-13-16-6-4-3-5-7-16/h3-12,14,29H,13H2,1-2H3. The number of H-pyrrole nitrogens is 1. The largest absolute Gasteiger partial charge is 0.493 e. The molecule has 0 atom stereocenters. The first kappa shape index (κ1) is 19.8. The van der Waals surface area contributed by atoms with Crippen LogP contribution in [0.3, 0.4) is 0 Å². The van der Waals surface area contributed by atoms with Crippen LogP contribution in [0.4, 0.5) is 4.39 Å². The van der Waals surface area contributed by atoms with Gasteiger partial charge in [-0.1, -0.05) is 30.3 Å². The van der Waals surface area contributed by atoms with Crippen molar-refractivity contribution in [3.63, 3.8) is 0 Å². The van der Waals surface area contributed by atoms with E-state index in [0.717, 1.165) is 11.3 Å². The fourth-order valence-electron chi connectivity index (χ4n) is 3.60. The Morgan fingerprint density at radius 2 is 1.75 bits per heavy atom. The Morgan fingerprint density at radius 1 is 0.906 bits per heavy atom. The topological polar surface area (TPSA) is 69.3 Å². The minimum absolute atomic E-state index is 0.0832. The van der Waals surface area contributed by atoms with Gasteiger partial charge in [-0.05, 0) is 36.8 Å². The zero-order valence-corrected chi connectivity index (χ0v) is 17.6. The molecule has 0 spiro atoms. The Labute approximate surface area is 183 Å². The van der Waals surface area contributed by atoms with Crippen LogP contribution in [0.2, 0.25) is 0 Å². The van der Waals surface area contributed by atoms with Gasteiger partial charge in [0.1, 0.15) is 12.9 Å². The van der Waals surface area contributed by atoms with E-state index in [1.165, 1.54) is 6.33 Å². The van der Waals surface area contributed by atoms with Gasteiger partial charge in [0, 0.05) is 22.7 Å². The molecule has 0 saturated carbocycles. The van der Waals surface area contributed by atoms with Crippen LogP contribution in [0.15, 0.2) is 67.0 Å². The van der Waals surface area contributed by atoms with E-state index in [0.29, 0.717) is 39.9 Å². The minimum atomic E-state index is -0.451. The molecule has 0 radical (unpaired) electrons. The molecule has 3 aromatic carbocycles. The Hall–Kier alpha value is -4.13. The van der Waals surface area contributed by atoms with E-state index < -0.39 is 5.82 Å². The summed E-state index contributed by atoms with van der Waals surface area (Å²) in [7, 11) is 1.56. The van der Waals surface area contributed by atoms with Crippen molar-refractivity contribution >= 4 is 21.8 Å².